The van der Waals surface area contributed by atoms with Gasteiger partial charge in [0.1, 0.15) is 18.5 Å². The third kappa shape index (κ3) is 4.36. The van der Waals surface area contributed by atoms with Gasteiger partial charge in [-0.1, -0.05) is 13.8 Å². The zero-order valence-electron chi connectivity index (χ0n) is 13.4. The molecule has 0 bridgehead atoms. The summed E-state index contributed by atoms with van der Waals surface area (Å²) in [5.41, 5.74) is 0.548. The first-order valence-corrected chi connectivity index (χ1v) is 7.11. The lowest BCUT2D eigenvalue weighted by Crippen LogP contribution is -2.40. The molecule has 0 aliphatic carbocycles. The Morgan fingerprint density at radius 2 is 1.95 bits per heavy atom. The summed E-state index contributed by atoms with van der Waals surface area (Å²) in [5, 5.41) is 10.4. The molecule has 0 radical (unpaired) electrons. The summed E-state index contributed by atoms with van der Waals surface area (Å²) < 4.78 is 1.68. The standard InChI is InChI=1S/C15H22N6O/c1-15(2,9-20(3)4)8-17-14(22)12-5-6-13(16-7-12)21-10-18-19-11-21/h5-7,10-11H,8-9H2,1-4H3,(H,17,22). The van der Waals surface area contributed by atoms with Crippen LogP contribution in [0, 0.1) is 5.41 Å². The van der Waals surface area contributed by atoms with Crippen LogP contribution in [0.25, 0.3) is 5.82 Å². The van der Waals surface area contributed by atoms with Gasteiger partial charge in [0.2, 0.25) is 0 Å². The third-order valence-electron chi connectivity index (χ3n) is 3.17. The molecule has 1 amide bonds. The molecule has 2 aromatic rings. The lowest BCUT2D eigenvalue weighted by Gasteiger charge is -2.28. The molecule has 1 N–H and O–H groups in total. The quantitative estimate of drug-likeness (QED) is 0.861. The van der Waals surface area contributed by atoms with E-state index in [1.165, 1.54) is 0 Å². The van der Waals surface area contributed by atoms with Gasteiger partial charge in [-0.15, -0.1) is 10.2 Å². The lowest BCUT2D eigenvalue weighted by atomic mass is 9.93. The van der Waals surface area contributed by atoms with Crippen LogP contribution in [0.3, 0.4) is 0 Å². The molecule has 0 aliphatic rings. The summed E-state index contributed by atoms with van der Waals surface area (Å²) in [4.78, 5) is 18.5. The van der Waals surface area contributed by atoms with Crippen molar-refractivity contribution < 1.29 is 4.79 Å². The Morgan fingerprint density at radius 1 is 1.27 bits per heavy atom. The fourth-order valence-corrected chi connectivity index (χ4v) is 2.33. The molecule has 7 heteroatoms. The first-order valence-electron chi connectivity index (χ1n) is 7.11. The second-order valence-electron chi connectivity index (χ2n) is 6.36. The maximum absolute atomic E-state index is 12.2. The smallest absolute Gasteiger partial charge is 0.252 e. The number of rotatable bonds is 6. The molecule has 0 saturated carbocycles. The molecule has 22 heavy (non-hydrogen) atoms. The fourth-order valence-electron chi connectivity index (χ4n) is 2.33. The second-order valence-corrected chi connectivity index (χ2v) is 6.36. The van der Waals surface area contributed by atoms with Crippen molar-refractivity contribution in [2.45, 2.75) is 13.8 Å². The van der Waals surface area contributed by atoms with E-state index in [9.17, 15) is 4.79 Å². The van der Waals surface area contributed by atoms with Crippen LogP contribution in [0.15, 0.2) is 31.0 Å². The number of hydrogen-bond donors (Lipinski definition) is 1. The first kappa shape index (κ1) is 16.1. The number of nitrogens with zero attached hydrogens (tertiary/aromatic N) is 5. The number of pyridine rings is 1. The van der Waals surface area contributed by atoms with Gasteiger partial charge in [-0.3, -0.25) is 9.36 Å². The summed E-state index contributed by atoms with van der Waals surface area (Å²) in [6.07, 6.45) is 4.68. The SMILES string of the molecule is CN(C)CC(C)(C)CNC(=O)c1ccc(-n2cnnc2)nc1. The normalized spacial score (nSPS) is 11.7. The van der Waals surface area contributed by atoms with Crippen molar-refractivity contribution in [2.24, 2.45) is 5.41 Å². The van der Waals surface area contributed by atoms with E-state index < -0.39 is 0 Å². The van der Waals surface area contributed by atoms with Crippen LogP contribution >= 0.6 is 0 Å². The summed E-state index contributed by atoms with van der Waals surface area (Å²) in [7, 11) is 4.05. The average Bonchev–Trinajstić information content (AvgIpc) is 2.98. The molecule has 2 aromatic heterocycles. The van der Waals surface area contributed by atoms with Gasteiger partial charge in [0.25, 0.3) is 5.91 Å². The predicted molar refractivity (Wildman–Crippen MR) is 83.8 cm³/mol. The van der Waals surface area contributed by atoms with Gasteiger partial charge in [0.15, 0.2) is 0 Å². The largest absolute Gasteiger partial charge is 0.351 e. The lowest BCUT2D eigenvalue weighted by molar-refractivity contribution is 0.0929. The van der Waals surface area contributed by atoms with E-state index >= 15 is 0 Å². The van der Waals surface area contributed by atoms with Crippen LogP contribution in [-0.4, -0.2) is 57.7 Å². The van der Waals surface area contributed by atoms with Gasteiger partial charge in [-0.2, -0.15) is 0 Å². The Labute approximate surface area is 130 Å². The Morgan fingerprint density at radius 3 is 2.50 bits per heavy atom. The maximum Gasteiger partial charge on any atom is 0.252 e. The van der Waals surface area contributed by atoms with E-state index in [1.54, 1.807) is 35.6 Å². The van der Waals surface area contributed by atoms with Crippen LogP contribution in [0.1, 0.15) is 24.2 Å². The number of amides is 1. The molecule has 2 rings (SSSR count). The minimum Gasteiger partial charge on any atom is -0.351 e. The van der Waals surface area contributed by atoms with E-state index in [4.69, 9.17) is 0 Å². The van der Waals surface area contributed by atoms with Gasteiger partial charge in [0.05, 0.1) is 5.56 Å². The van der Waals surface area contributed by atoms with Crippen LogP contribution in [0.4, 0.5) is 0 Å². The van der Waals surface area contributed by atoms with E-state index in [0.29, 0.717) is 17.9 Å². The molecule has 0 unspecified atom stereocenters. The number of carbonyl (C=O) groups excluding carboxylic acids is 1. The molecule has 0 spiro atoms. The highest BCUT2D eigenvalue weighted by atomic mass is 16.1. The van der Waals surface area contributed by atoms with Crippen molar-refractivity contribution >= 4 is 5.91 Å². The second kappa shape index (κ2) is 6.65. The highest BCUT2D eigenvalue weighted by molar-refractivity contribution is 5.93. The Kier molecular flexibility index (Phi) is 4.87. The number of nitrogens with one attached hydrogen (secondary N) is 1. The van der Waals surface area contributed by atoms with Crippen LogP contribution < -0.4 is 5.32 Å². The van der Waals surface area contributed by atoms with Crippen molar-refractivity contribution in [1.29, 1.82) is 0 Å². The third-order valence-corrected chi connectivity index (χ3v) is 3.17. The highest BCUT2D eigenvalue weighted by Gasteiger charge is 2.20. The fraction of sp³-hybridized carbons (Fsp3) is 0.467. The summed E-state index contributed by atoms with van der Waals surface area (Å²) in [6.45, 7) is 5.76. The summed E-state index contributed by atoms with van der Waals surface area (Å²) in [5.74, 6) is 0.559. The summed E-state index contributed by atoms with van der Waals surface area (Å²) in [6, 6.07) is 3.51. The van der Waals surface area contributed by atoms with Crippen molar-refractivity contribution in [3.05, 3.63) is 36.5 Å². The van der Waals surface area contributed by atoms with E-state index in [2.05, 4.69) is 39.2 Å². The van der Waals surface area contributed by atoms with Gasteiger partial charge < -0.3 is 10.2 Å². The van der Waals surface area contributed by atoms with Gasteiger partial charge in [-0.25, -0.2) is 4.98 Å². The van der Waals surface area contributed by atoms with Crippen LogP contribution in [0.2, 0.25) is 0 Å². The van der Waals surface area contributed by atoms with E-state index in [1.807, 2.05) is 14.1 Å². The van der Waals surface area contributed by atoms with Crippen LogP contribution in [0.5, 0.6) is 0 Å². The Hall–Kier alpha value is -2.28. The van der Waals surface area contributed by atoms with Gasteiger partial charge in [-0.05, 0) is 31.6 Å². The minimum atomic E-state index is -0.116. The van der Waals surface area contributed by atoms with Crippen LogP contribution in [-0.2, 0) is 0 Å². The molecular formula is C15H22N6O. The zero-order chi connectivity index (χ0) is 16.2. The maximum atomic E-state index is 12.2. The van der Waals surface area contributed by atoms with Crippen molar-refractivity contribution in [1.82, 2.24) is 30.0 Å². The van der Waals surface area contributed by atoms with Crippen molar-refractivity contribution in [3.8, 4) is 5.82 Å². The Bertz CT molecular complexity index is 603. The molecule has 0 saturated heterocycles. The first-order chi connectivity index (χ1) is 10.4. The Balaban J connectivity index is 1.96. The molecular weight excluding hydrogens is 280 g/mol. The highest BCUT2D eigenvalue weighted by Crippen LogP contribution is 2.14. The topological polar surface area (TPSA) is 75.9 Å². The number of aromatic nitrogens is 4. The summed E-state index contributed by atoms with van der Waals surface area (Å²) >= 11 is 0. The average molecular weight is 302 g/mol. The molecule has 0 aromatic carbocycles. The number of hydrogen-bond acceptors (Lipinski definition) is 5. The molecule has 0 aliphatic heterocycles. The molecule has 0 atom stereocenters. The molecule has 118 valence electrons. The molecule has 0 fully saturated rings. The molecule has 7 nitrogen and oxygen atoms in total. The zero-order valence-corrected chi connectivity index (χ0v) is 13.4. The van der Waals surface area contributed by atoms with E-state index in [0.717, 1.165) is 6.54 Å². The van der Waals surface area contributed by atoms with Gasteiger partial charge in [0, 0.05) is 19.3 Å². The van der Waals surface area contributed by atoms with Crippen molar-refractivity contribution in [2.75, 3.05) is 27.2 Å². The van der Waals surface area contributed by atoms with Crippen molar-refractivity contribution in [3.63, 3.8) is 0 Å². The van der Waals surface area contributed by atoms with E-state index in [-0.39, 0.29) is 11.3 Å². The van der Waals surface area contributed by atoms with Gasteiger partial charge >= 0.3 is 0 Å². The monoisotopic (exact) mass is 302 g/mol. The predicted octanol–water partition coefficient (Wildman–Crippen LogP) is 0.980. The minimum absolute atomic E-state index is 0.00894. The molecule has 2 heterocycles. The number of carbonyl (C=O) groups is 1.